The van der Waals surface area contributed by atoms with Gasteiger partial charge in [0.15, 0.2) is 11.5 Å². The molecule has 0 spiro atoms. The minimum Gasteiger partial charge on any atom is -0.430 e. The predicted molar refractivity (Wildman–Crippen MR) is 154 cm³/mol. The van der Waals surface area contributed by atoms with Crippen molar-refractivity contribution < 1.29 is 28.5 Å². The molecule has 0 aliphatic carbocycles. The summed E-state index contributed by atoms with van der Waals surface area (Å²) in [5, 5.41) is 0. The highest BCUT2D eigenvalue weighted by atomic mass is 79.9. The number of ether oxygens (including phenoxy) is 4. The lowest BCUT2D eigenvalue weighted by atomic mass is 10.3. The van der Waals surface area contributed by atoms with E-state index in [-0.39, 0.29) is 24.7 Å². The molecule has 0 radical (unpaired) electrons. The number of rotatable bonds is 5. The molecule has 174 valence electrons. The molecule has 0 amide bonds. The van der Waals surface area contributed by atoms with Crippen LogP contribution in [0.2, 0.25) is 0 Å². The fraction of sp³-hybridized carbons (Fsp3) is 0.125. The Kier molecular flexibility index (Phi) is 12.5. The van der Waals surface area contributed by atoms with Crippen molar-refractivity contribution in [1.29, 1.82) is 0 Å². The maximum absolute atomic E-state index is 12.0. The number of hydrogen-bond donors (Lipinski definition) is 0. The maximum Gasteiger partial charge on any atom is 0.514 e. The van der Waals surface area contributed by atoms with Gasteiger partial charge in [0, 0.05) is 8.95 Å². The molecule has 0 aliphatic rings. The zero-order chi connectivity index (χ0) is 24.3. The molecular weight excluding hydrogens is 1090 g/mol. The Morgan fingerprint density at radius 1 is 0.438 bits per heavy atom. The number of hydrogen-bond acceptors (Lipinski definition) is 6. The van der Waals surface area contributed by atoms with E-state index in [9.17, 15) is 9.59 Å². The van der Waals surface area contributed by atoms with Crippen LogP contribution in [0, 0.1) is 0 Å². The summed E-state index contributed by atoms with van der Waals surface area (Å²) in [6.45, 7) is -0.504. The number of benzene rings is 2. The molecule has 2 aromatic carbocycles. The second-order valence-corrected chi connectivity index (χ2v) is 13.1. The van der Waals surface area contributed by atoms with Crippen molar-refractivity contribution in [2.24, 2.45) is 0 Å². The van der Waals surface area contributed by atoms with Crippen LogP contribution in [0.15, 0.2) is 44.7 Å². The van der Waals surface area contributed by atoms with Crippen molar-refractivity contribution in [3.05, 3.63) is 44.7 Å². The Bertz CT molecular complexity index is 946. The van der Waals surface area contributed by atoms with Crippen LogP contribution in [0.5, 0.6) is 11.5 Å². The second kappa shape index (κ2) is 13.4. The van der Waals surface area contributed by atoms with Gasteiger partial charge in [0.05, 0.1) is 35.8 Å². The van der Waals surface area contributed by atoms with Crippen molar-refractivity contribution in [3.8, 4) is 11.5 Å². The molecular formula is C16H4Br10O6. The van der Waals surface area contributed by atoms with Gasteiger partial charge in [-0.05, 0) is 159 Å². The Balaban J connectivity index is 1.91. The molecule has 0 atom stereocenters. The van der Waals surface area contributed by atoms with E-state index in [1.165, 1.54) is 0 Å². The molecule has 6 nitrogen and oxygen atoms in total. The van der Waals surface area contributed by atoms with Gasteiger partial charge in [-0.1, -0.05) is 0 Å². The van der Waals surface area contributed by atoms with Gasteiger partial charge in [0.2, 0.25) is 0 Å². The fourth-order valence-electron chi connectivity index (χ4n) is 1.82. The van der Waals surface area contributed by atoms with E-state index in [4.69, 9.17) is 18.9 Å². The van der Waals surface area contributed by atoms with Crippen molar-refractivity contribution in [2.45, 2.75) is 0 Å². The van der Waals surface area contributed by atoms with E-state index in [0.717, 1.165) is 0 Å². The lowest BCUT2D eigenvalue weighted by Crippen LogP contribution is -2.18. The first-order valence-electron chi connectivity index (χ1n) is 7.60. The third kappa shape index (κ3) is 7.17. The summed E-state index contributed by atoms with van der Waals surface area (Å²) >= 11 is 33.6. The molecule has 2 rings (SSSR count). The SMILES string of the molecule is O=C(OCCOC(=O)Oc1c(Br)c(Br)c(Br)c(Br)c1Br)Oc1c(Br)c(Br)c(Br)c(Br)c1Br. The van der Waals surface area contributed by atoms with Gasteiger partial charge in [-0.25, -0.2) is 9.59 Å². The molecule has 0 heterocycles. The highest BCUT2D eigenvalue weighted by molar-refractivity contribution is 9.16. The smallest absolute Gasteiger partial charge is 0.430 e. The van der Waals surface area contributed by atoms with Crippen LogP contribution in [0.25, 0.3) is 0 Å². The van der Waals surface area contributed by atoms with Gasteiger partial charge >= 0.3 is 12.3 Å². The first-order chi connectivity index (χ1) is 14.9. The lowest BCUT2D eigenvalue weighted by Gasteiger charge is -2.14. The Morgan fingerprint density at radius 2 is 0.656 bits per heavy atom. The van der Waals surface area contributed by atoms with E-state index in [2.05, 4.69) is 159 Å². The van der Waals surface area contributed by atoms with E-state index in [1.54, 1.807) is 0 Å². The normalized spacial score (nSPS) is 10.7. The molecule has 0 saturated heterocycles. The summed E-state index contributed by atoms with van der Waals surface area (Å²) in [7, 11) is 0. The number of halogens is 10. The highest BCUT2D eigenvalue weighted by Gasteiger charge is 2.23. The van der Waals surface area contributed by atoms with Gasteiger partial charge in [-0.2, -0.15) is 0 Å². The van der Waals surface area contributed by atoms with Crippen LogP contribution in [0.4, 0.5) is 9.59 Å². The monoisotopic (exact) mass is 1080 g/mol. The zero-order valence-electron chi connectivity index (χ0n) is 14.6. The van der Waals surface area contributed by atoms with E-state index in [1.807, 2.05) is 0 Å². The molecule has 32 heavy (non-hydrogen) atoms. The van der Waals surface area contributed by atoms with Crippen molar-refractivity contribution in [1.82, 2.24) is 0 Å². The third-order valence-electron chi connectivity index (χ3n) is 3.23. The summed E-state index contributed by atoms with van der Waals surface area (Å²) in [5.74, 6) is 0.386. The Hall–Kier alpha value is 1.78. The summed E-state index contributed by atoms with van der Waals surface area (Å²) in [4.78, 5) is 24.1. The van der Waals surface area contributed by atoms with Gasteiger partial charge in [-0.15, -0.1) is 0 Å². The topological polar surface area (TPSA) is 71.1 Å². The average Bonchev–Trinajstić information content (AvgIpc) is 2.77. The largest absolute Gasteiger partial charge is 0.514 e. The first kappa shape index (κ1) is 30.0. The van der Waals surface area contributed by atoms with Crippen LogP contribution < -0.4 is 9.47 Å². The molecule has 0 saturated carbocycles. The Morgan fingerprint density at radius 3 is 0.906 bits per heavy atom. The number of carbonyl (C=O) groups excluding carboxylic acids is 2. The van der Waals surface area contributed by atoms with Crippen molar-refractivity contribution in [2.75, 3.05) is 13.2 Å². The minimum atomic E-state index is -0.990. The van der Waals surface area contributed by atoms with E-state index < -0.39 is 12.3 Å². The van der Waals surface area contributed by atoms with Crippen LogP contribution in [-0.4, -0.2) is 25.5 Å². The zero-order valence-corrected chi connectivity index (χ0v) is 30.5. The minimum absolute atomic E-state index is 0.193. The number of carbonyl (C=O) groups is 2. The molecule has 0 unspecified atom stereocenters. The van der Waals surface area contributed by atoms with Crippen LogP contribution in [0.3, 0.4) is 0 Å². The van der Waals surface area contributed by atoms with E-state index in [0.29, 0.717) is 44.7 Å². The molecule has 0 fully saturated rings. The van der Waals surface area contributed by atoms with Crippen molar-refractivity contribution >= 4 is 172 Å². The first-order valence-corrected chi connectivity index (χ1v) is 15.5. The van der Waals surface area contributed by atoms with Gasteiger partial charge < -0.3 is 18.9 Å². The molecule has 0 aromatic heterocycles. The molecule has 2 aromatic rings. The van der Waals surface area contributed by atoms with Gasteiger partial charge in [0.25, 0.3) is 0 Å². The highest BCUT2D eigenvalue weighted by Crippen LogP contribution is 2.49. The van der Waals surface area contributed by atoms with Crippen LogP contribution in [-0.2, 0) is 9.47 Å². The summed E-state index contributed by atoms with van der Waals surface area (Å²) < 4.78 is 26.2. The standard InChI is InChI=1S/C16H4Br10O6/c17-3-5(19)9(23)13(10(24)6(3)20)31-15(27)29-1-2-30-16(28)32-14-11(25)7(21)4(18)8(22)12(14)26/h1-2H2. The Labute approximate surface area is 265 Å². The molecule has 16 heteroatoms. The van der Waals surface area contributed by atoms with Crippen molar-refractivity contribution in [3.63, 3.8) is 0 Å². The molecule has 0 bridgehead atoms. The summed E-state index contributed by atoms with van der Waals surface area (Å²) in [5.41, 5.74) is 0. The quantitative estimate of drug-likeness (QED) is 0.0977. The average molecular weight is 1090 g/mol. The van der Waals surface area contributed by atoms with Crippen LogP contribution in [0.1, 0.15) is 0 Å². The van der Waals surface area contributed by atoms with E-state index >= 15 is 0 Å². The second-order valence-electron chi connectivity index (χ2n) is 5.20. The maximum atomic E-state index is 12.0. The molecule has 0 aliphatic heterocycles. The summed E-state index contributed by atoms with van der Waals surface area (Å²) in [6.07, 6.45) is -1.98. The fourth-order valence-corrected chi connectivity index (χ4v) is 8.17. The third-order valence-corrected chi connectivity index (χ3v) is 15.3. The lowest BCUT2D eigenvalue weighted by molar-refractivity contribution is 0.0537. The summed E-state index contributed by atoms with van der Waals surface area (Å²) in [6, 6.07) is 0. The van der Waals surface area contributed by atoms with Gasteiger partial charge in [0.1, 0.15) is 13.2 Å². The van der Waals surface area contributed by atoms with Gasteiger partial charge in [-0.3, -0.25) is 0 Å². The molecule has 0 N–H and O–H groups in total. The van der Waals surface area contributed by atoms with Crippen LogP contribution >= 0.6 is 159 Å². The predicted octanol–water partition coefficient (Wildman–Crippen LogP) is 11.0.